The summed E-state index contributed by atoms with van der Waals surface area (Å²) in [7, 11) is -3.30. The summed E-state index contributed by atoms with van der Waals surface area (Å²) in [4.78, 5) is 6.48. The smallest absolute Gasteiger partial charge is 0.237 e. The van der Waals surface area contributed by atoms with Crippen LogP contribution >= 0.6 is 22.7 Å². The highest BCUT2D eigenvalue weighted by Crippen LogP contribution is 2.32. The fraction of sp³-hybridized carbons (Fsp3) is 0.462. The fourth-order valence-electron chi connectivity index (χ4n) is 2.46. The lowest BCUT2D eigenvalue weighted by Gasteiger charge is -2.10. The third kappa shape index (κ3) is 3.28. The Balaban J connectivity index is 1.75. The first-order chi connectivity index (χ1) is 10.1. The second-order valence-electron chi connectivity index (χ2n) is 5.06. The van der Waals surface area contributed by atoms with Crippen molar-refractivity contribution in [2.24, 2.45) is 5.73 Å². The summed E-state index contributed by atoms with van der Waals surface area (Å²) >= 11 is 2.91. The van der Waals surface area contributed by atoms with Gasteiger partial charge in [0, 0.05) is 16.8 Å². The van der Waals surface area contributed by atoms with Crippen LogP contribution in [-0.2, 0) is 16.6 Å². The first-order valence-electron chi connectivity index (χ1n) is 6.85. The number of hydrogen-bond donors (Lipinski definition) is 2. The van der Waals surface area contributed by atoms with E-state index >= 15 is 0 Å². The molecule has 0 bridgehead atoms. The van der Waals surface area contributed by atoms with Crippen molar-refractivity contribution in [2.45, 2.75) is 37.5 Å². The number of thiophene rings is 1. The maximum absolute atomic E-state index is 12.2. The van der Waals surface area contributed by atoms with Gasteiger partial charge < -0.3 is 5.73 Å². The van der Waals surface area contributed by atoms with Crippen LogP contribution in [0.15, 0.2) is 17.5 Å². The van der Waals surface area contributed by atoms with E-state index in [1.807, 2.05) is 17.5 Å². The van der Waals surface area contributed by atoms with Crippen LogP contribution in [0.3, 0.4) is 0 Å². The van der Waals surface area contributed by atoms with Crippen molar-refractivity contribution < 1.29 is 8.42 Å². The zero-order chi connectivity index (χ0) is 14.9. The van der Waals surface area contributed by atoms with Gasteiger partial charge >= 0.3 is 0 Å². The lowest BCUT2D eigenvalue weighted by Crippen LogP contribution is -2.25. The third-order valence-corrected chi connectivity index (χ3v) is 7.43. The van der Waals surface area contributed by atoms with Crippen molar-refractivity contribution in [1.29, 1.82) is 0 Å². The molecule has 0 aliphatic heterocycles. The highest BCUT2D eigenvalue weighted by atomic mass is 32.2. The van der Waals surface area contributed by atoms with Crippen LogP contribution in [0.2, 0.25) is 0 Å². The largest absolute Gasteiger partial charge is 0.326 e. The zero-order valence-corrected chi connectivity index (χ0v) is 13.9. The Labute approximate surface area is 132 Å². The number of hydrogen-bond acceptors (Lipinski definition) is 6. The molecular weight excluding hydrogens is 326 g/mol. The van der Waals surface area contributed by atoms with Crippen LogP contribution in [0.1, 0.15) is 30.6 Å². The predicted molar refractivity (Wildman–Crippen MR) is 88.1 cm³/mol. The van der Waals surface area contributed by atoms with E-state index in [2.05, 4.69) is 9.71 Å². The third-order valence-electron chi connectivity index (χ3n) is 3.59. The Morgan fingerprint density at radius 2 is 2.10 bits per heavy atom. The molecule has 21 heavy (non-hydrogen) atoms. The molecule has 0 atom stereocenters. The van der Waals surface area contributed by atoms with E-state index in [4.69, 9.17) is 5.73 Å². The summed E-state index contributed by atoms with van der Waals surface area (Å²) in [6, 6.07) is 3.94. The van der Waals surface area contributed by atoms with Gasteiger partial charge in [0.15, 0.2) is 5.13 Å². The van der Waals surface area contributed by atoms with Gasteiger partial charge in [-0.1, -0.05) is 12.8 Å². The van der Waals surface area contributed by atoms with Gasteiger partial charge in [-0.15, -0.1) is 22.7 Å². The number of nitrogens with one attached hydrogen (secondary N) is 1. The van der Waals surface area contributed by atoms with Gasteiger partial charge in [-0.3, -0.25) is 4.72 Å². The topological polar surface area (TPSA) is 85.1 Å². The monoisotopic (exact) mass is 343 g/mol. The Morgan fingerprint density at radius 1 is 1.33 bits per heavy atom. The number of nitrogens with two attached hydrogens (primary N) is 1. The molecule has 0 spiro atoms. The van der Waals surface area contributed by atoms with Gasteiger partial charge in [0.05, 0.1) is 15.8 Å². The highest BCUT2D eigenvalue weighted by Gasteiger charge is 2.29. The second-order valence-corrected chi connectivity index (χ2v) is 9.05. The lowest BCUT2D eigenvalue weighted by atomic mass is 10.4. The van der Waals surface area contributed by atoms with E-state index in [1.165, 1.54) is 11.3 Å². The summed E-state index contributed by atoms with van der Waals surface area (Å²) in [6.07, 6.45) is 3.48. The summed E-state index contributed by atoms with van der Waals surface area (Å²) in [6.45, 7) is 0.510. The van der Waals surface area contributed by atoms with E-state index in [9.17, 15) is 8.42 Å². The second kappa shape index (κ2) is 6.04. The minimum Gasteiger partial charge on any atom is -0.326 e. The van der Waals surface area contributed by atoms with Gasteiger partial charge in [-0.05, 0) is 25.0 Å². The molecule has 1 saturated carbocycles. The van der Waals surface area contributed by atoms with E-state index in [1.54, 1.807) is 11.3 Å². The molecule has 114 valence electrons. The van der Waals surface area contributed by atoms with Crippen molar-refractivity contribution in [3.8, 4) is 10.6 Å². The average molecular weight is 343 g/mol. The molecule has 0 radical (unpaired) electrons. The standard InChI is InChI=1S/C13H17N3O2S3/c14-7-9-5-6-12(20-9)11-8-19-13(15-11)16-21(17,18)10-3-1-2-4-10/h5-6,8,10H,1-4,7,14H2,(H,15,16). The Kier molecular flexibility index (Phi) is 4.30. The summed E-state index contributed by atoms with van der Waals surface area (Å²) in [5, 5.41) is 2.05. The van der Waals surface area contributed by atoms with E-state index in [-0.39, 0.29) is 5.25 Å². The summed E-state index contributed by atoms with van der Waals surface area (Å²) in [5.41, 5.74) is 6.40. The Bertz CT molecular complexity index is 715. The van der Waals surface area contributed by atoms with Crippen LogP contribution < -0.4 is 10.5 Å². The lowest BCUT2D eigenvalue weighted by molar-refractivity contribution is 0.585. The predicted octanol–water partition coefficient (Wildman–Crippen LogP) is 3.01. The number of sulfonamides is 1. The summed E-state index contributed by atoms with van der Waals surface area (Å²) in [5.74, 6) is 0. The van der Waals surface area contributed by atoms with Gasteiger partial charge in [0.2, 0.25) is 10.0 Å². The Hall–Kier alpha value is -0.960. The van der Waals surface area contributed by atoms with Crippen LogP contribution in [0, 0.1) is 0 Å². The van der Waals surface area contributed by atoms with Crippen molar-refractivity contribution >= 4 is 37.8 Å². The highest BCUT2D eigenvalue weighted by molar-refractivity contribution is 7.93. The molecule has 0 unspecified atom stereocenters. The molecule has 8 heteroatoms. The SMILES string of the molecule is NCc1ccc(-c2csc(NS(=O)(=O)C3CCCC3)n2)s1. The molecule has 2 heterocycles. The minimum absolute atomic E-state index is 0.268. The quantitative estimate of drug-likeness (QED) is 0.874. The summed E-state index contributed by atoms with van der Waals surface area (Å²) < 4.78 is 27.1. The van der Waals surface area contributed by atoms with Crippen LogP contribution in [-0.4, -0.2) is 18.7 Å². The molecule has 0 saturated heterocycles. The van der Waals surface area contributed by atoms with Gasteiger partial charge in [0.1, 0.15) is 0 Å². The average Bonchev–Trinajstić information content (AvgIpc) is 3.19. The van der Waals surface area contributed by atoms with Crippen molar-refractivity contribution in [1.82, 2.24) is 4.98 Å². The van der Waals surface area contributed by atoms with E-state index in [0.717, 1.165) is 41.1 Å². The van der Waals surface area contributed by atoms with Gasteiger partial charge in [-0.25, -0.2) is 13.4 Å². The van der Waals surface area contributed by atoms with Gasteiger partial charge in [-0.2, -0.15) is 0 Å². The number of anilines is 1. The molecule has 0 aromatic carbocycles. The maximum Gasteiger partial charge on any atom is 0.237 e. The van der Waals surface area contributed by atoms with Crippen LogP contribution in [0.5, 0.6) is 0 Å². The van der Waals surface area contributed by atoms with Crippen molar-refractivity contribution in [3.63, 3.8) is 0 Å². The first kappa shape index (κ1) is 15.0. The first-order valence-corrected chi connectivity index (χ1v) is 10.1. The molecule has 2 aromatic rings. The molecule has 1 fully saturated rings. The van der Waals surface area contributed by atoms with E-state index < -0.39 is 10.0 Å². The molecule has 3 N–H and O–H groups in total. The molecular formula is C13H17N3O2S3. The van der Waals surface area contributed by atoms with E-state index in [0.29, 0.717) is 11.7 Å². The zero-order valence-electron chi connectivity index (χ0n) is 11.4. The van der Waals surface area contributed by atoms with Crippen molar-refractivity contribution in [2.75, 3.05) is 4.72 Å². The van der Waals surface area contributed by atoms with Crippen molar-refractivity contribution in [3.05, 3.63) is 22.4 Å². The molecule has 2 aromatic heterocycles. The maximum atomic E-state index is 12.2. The molecule has 1 aliphatic carbocycles. The Morgan fingerprint density at radius 3 is 2.76 bits per heavy atom. The van der Waals surface area contributed by atoms with Gasteiger partial charge in [0.25, 0.3) is 0 Å². The number of nitrogens with zero attached hydrogens (tertiary/aromatic N) is 1. The molecule has 5 nitrogen and oxygen atoms in total. The normalized spacial score (nSPS) is 16.4. The minimum atomic E-state index is -3.30. The number of thiazole rings is 1. The van der Waals surface area contributed by atoms with Crippen LogP contribution in [0.4, 0.5) is 5.13 Å². The molecule has 3 rings (SSSR count). The van der Waals surface area contributed by atoms with Crippen LogP contribution in [0.25, 0.3) is 10.6 Å². The number of rotatable bonds is 5. The molecule has 1 aliphatic rings. The fourth-order valence-corrected chi connectivity index (χ4v) is 5.89. The molecule has 0 amide bonds. The number of aromatic nitrogens is 1.